The first-order valence-corrected chi connectivity index (χ1v) is 5.39. The Balaban J connectivity index is 2.91. The minimum atomic E-state index is -3.05. The van der Waals surface area contributed by atoms with Crippen LogP contribution in [-0.4, -0.2) is 14.7 Å². The Bertz CT molecular complexity index is 372. The monoisotopic (exact) mass is 187 g/mol. The molecule has 0 spiro atoms. The highest BCUT2D eigenvalue weighted by Gasteiger charge is 2.05. The van der Waals surface area contributed by atoms with E-state index in [1.807, 2.05) is 0 Å². The van der Waals surface area contributed by atoms with Gasteiger partial charge in [0.05, 0.1) is 5.75 Å². The average molecular weight is 187 g/mol. The van der Waals surface area contributed by atoms with Crippen LogP contribution in [0.3, 0.4) is 0 Å². The second kappa shape index (κ2) is 3.10. The van der Waals surface area contributed by atoms with Gasteiger partial charge in [-0.05, 0) is 6.07 Å². The second-order valence-electron chi connectivity index (χ2n) is 2.64. The van der Waals surface area contributed by atoms with Gasteiger partial charge in [0.25, 0.3) is 0 Å². The van der Waals surface area contributed by atoms with Crippen LogP contribution in [0.5, 0.6) is 0 Å². The molecule has 1 heterocycles. The van der Waals surface area contributed by atoms with Gasteiger partial charge in [0.15, 0.2) is 22.2 Å². The maximum absolute atomic E-state index is 10.8. The van der Waals surface area contributed by atoms with Crippen LogP contribution in [-0.2, 0) is 15.6 Å². The van der Waals surface area contributed by atoms with Crippen LogP contribution < -0.4 is 4.73 Å². The molecule has 0 N–H and O–H groups in total. The van der Waals surface area contributed by atoms with Crippen molar-refractivity contribution in [1.29, 1.82) is 0 Å². The fourth-order valence-electron chi connectivity index (χ4n) is 0.889. The van der Waals surface area contributed by atoms with E-state index in [4.69, 9.17) is 0 Å². The lowest BCUT2D eigenvalue weighted by Gasteiger charge is -1.98. The summed E-state index contributed by atoms with van der Waals surface area (Å²) >= 11 is 0. The highest BCUT2D eigenvalue weighted by atomic mass is 32.2. The van der Waals surface area contributed by atoms with Crippen molar-refractivity contribution in [2.75, 3.05) is 6.26 Å². The van der Waals surface area contributed by atoms with E-state index < -0.39 is 9.84 Å². The molecule has 0 aliphatic heterocycles. The first kappa shape index (κ1) is 8.99. The number of hydrogen-bond acceptors (Lipinski definition) is 3. The molecule has 0 aromatic carbocycles. The first-order chi connectivity index (χ1) is 5.47. The number of nitrogens with zero attached hydrogens (tertiary/aromatic N) is 1. The van der Waals surface area contributed by atoms with E-state index >= 15 is 0 Å². The van der Waals surface area contributed by atoms with Gasteiger partial charge in [-0.2, -0.15) is 4.73 Å². The molecule has 0 saturated carbocycles. The first-order valence-electron chi connectivity index (χ1n) is 3.33. The Morgan fingerprint density at radius 2 is 2.25 bits per heavy atom. The summed E-state index contributed by atoms with van der Waals surface area (Å²) in [6.45, 7) is 0. The average Bonchev–Trinajstić information content (AvgIpc) is 1.82. The summed E-state index contributed by atoms with van der Waals surface area (Å²) in [6.07, 6.45) is 3.70. The maximum Gasteiger partial charge on any atom is 0.184 e. The quantitative estimate of drug-likeness (QED) is 0.478. The topological polar surface area (TPSA) is 61.1 Å². The Morgan fingerprint density at radius 1 is 1.58 bits per heavy atom. The van der Waals surface area contributed by atoms with Gasteiger partial charge < -0.3 is 5.21 Å². The molecule has 0 aliphatic carbocycles. The van der Waals surface area contributed by atoms with Gasteiger partial charge in [-0.1, -0.05) is 0 Å². The van der Waals surface area contributed by atoms with Crippen LogP contribution >= 0.6 is 0 Å². The van der Waals surface area contributed by atoms with Crippen LogP contribution in [0.2, 0.25) is 0 Å². The van der Waals surface area contributed by atoms with Crippen LogP contribution in [0.15, 0.2) is 24.5 Å². The van der Waals surface area contributed by atoms with Gasteiger partial charge in [0, 0.05) is 17.9 Å². The van der Waals surface area contributed by atoms with E-state index in [0.29, 0.717) is 10.3 Å². The van der Waals surface area contributed by atoms with Crippen molar-refractivity contribution in [3.05, 3.63) is 35.3 Å². The molecule has 1 rings (SSSR count). The van der Waals surface area contributed by atoms with E-state index in [1.165, 1.54) is 18.5 Å². The van der Waals surface area contributed by atoms with Crippen molar-refractivity contribution >= 4 is 9.84 Å². The van der Waals surface area contributed by atoms with E-state index in [1.54, 1.807) is 6.07 Å². The smallest absolute Gasteiger partial charge is 0.184 e. The zero-order valence-corrected chi connectivity index (χ0v) is 7.41. The summed E-state index contributed by atoms with van der Waals surface area (Å²) in [4.78, 5) is 0. The Kier molecular flexibility index (Phi) is 2.32. The van der Waals surface area contributed by atoms with E-state index in [2.05, 4.69) is 0 Å². The number of aromatic nitrogens is 1. The molecule has 4 nitrogen and oxygen atoms in total. The van der Waals surface area contributed by atoms with Crippen LogP contribution in [0, 0.1) is 5.21 Å². The van der Waals surface area contributed by atoms with Gasteiger partial charge >= 0.3 is 0 Å². The third-order valence-corrected chi connectivity index (χ3v) is 2.12. The van der Waals surface area contributed by atoms with Crippen molar-refractivity contribution in [1.82, 2.24) is 0 Å². The van der Waals surface area contributed by atoms with Gasteiger partial charge in [0.1, 0.15) is 0 Å². The second-order valence-corrected chi connectivity index (χ2v) is 4.78. The molecular formula is C7H9NO3S. The lowest BCUT2D eigenvalue weighted by molar-refractivity contribution is -0.605. The maximum atomic E-state index is 10.8. The van der Waals surface area contributed by atoms with Crippen LogP contribution in [0.1, 0.15) is 5.56 Å². The van der Waals surface area contributed by atoms with Gasteiger partial charge in [-0.25, -0.2) is 8.42 Å². The molecule has 0 unspecified atom stereocenters. The SMILES string of the molecule is CS(=O)(=O)Cc1ccc[n+]([O-])c1. The van der Waals surface area contributed by atoms with Crippen LogP contribution in [0.25, 0.3) is 0 Å². The fourth-order valence-corrected chi connectivity index (χ4v) is 1.67. The van der Waals surface area contributed by atoms with E-state index in [-0.39, 0.29) is 5.75 Å². The number of pyridine rings is 1. The third-order valence-electron chi connectivity index (χ3n) is 1.27. The number of rotatable bonds is 2. The molecule has 0 bridgehead atoms. The Hall–Kier alpha value is -1.10. The van der Waals surface area contributed by atoms with Crippen molar-refractivity contribution in [2.45, 2.75) is 5.75 Å². The van der Waals surface area contributed by atoms with Crippen molar-refractivity contribution < 1.29 is 13.1 Å². The van der Waals surface area contributed by atoms with Crippen LogP contribution in [0.4, 0.5) is 0 Å². The molecule has 1 aromatic rings. The predicted octanol–water partition coefficient (Wildman–Crippen LogP) is -0.135. The molecule has 5 heteroatoms. The van der Waals surface area contributed by atoms with Gasteiger partial charge in [0.2, 0.25) is 0 Å². The molecule has 1 aromatic heterocycles. The summed E-state index contributed by atoms with van der Waals surface area (Å²) < 4.78 is 22.2. The lowest BCUT2D eigenvalue weighted by Crippen LogP contribution is -2.25. The largest absolute Gasteiger partial charge is 0.619 e. The summed E-state index contributed by atoms with van der Waals surface area (Å²) in [5.74, 6) is -0.0872. The number of sulfone groups is 1. The zero-order valence-electron chi connectivity index (χ0n) is 6.60. The predicted molar refractivity (Wildman–Crippen MR) is 43.9 cm³/mol. The molecule has 66 valence electrons. The molecule has 0 aliphatic rings. The zero-order chi connectivity index (χ0) is 9.19. The highest BCUT2D eigenvalue weighted by molar-refractivity contribution is 7.89. The molecule has 0 fully saturated rings. The Morgan fingerprint density at radius 3 is 2.75 bits per heavy atom. The molecule has 0 radical (unpaired) electrons. The lowest BCUT2D eigenvalue weighted by atomic mass is 10.3. The number of hydrogen-bond donors (Lipinski definition) is 0. The molecular weight excluding hydrogens is 178 g/mol. The van der Waals surface area contributed by atoms with Crippen molar-refractivity contribution in [3.8, 4) is 0 Å². The summed E-state index contributed by atoms with van der Waals surface area (Å²) in [5.41, 5.74) is 0.509. The van der Waals surface area contributed by atoms with Gasteiger partial charge in [-0.3, -0.25) is 0 Å². The standard InChI is InChI=1S/C7H9NO3S/c1-12(10,11)6-7-3-2-4-8(9)5-7/h2-5H,6H2,1H3. The Labute approximate surface area is 71.0 Å². The normalized spacial score (nSPS) is 11.4. The summed E-state index contributed by atoms with van der Waals surface area (Å²) in [7, 11) is -3.05. The van der Waals surface area contributed by atoms with Crippen molar-refractivity contribution in [3.63, 3.8) is 0 Å². The van der Waals surface area contributed by atoms with Crippen molar-refractivity contribution in [2.24, 2.45) is 0 Å². The summed E-state index contributed by atoms with van der Waals surface area (Å²) in [5, 5.41) is 10.7. The molecule has 12 heavy (non-hydrogen) atoms. The minimum Gasteiger partial charge on any atom is -0.619 e. The fraction of sp³-hybridized carbons (Fsp3) is 0.286. The third kappa shape index (κ3) is 2.87. The van der Waals surface area contributed by atoms with E-state index in [9.17, 15) is 13.6 Å². The van der Waals surface area contributed by atoms with E-state index in [0.717, 1.165) is 6.26 Å². The highest BCUT2D eigenvalue weighted by Crippen LogP contribution is 2.00. The molecule has 0 atom stereocenters. The summed E-state index contributed by atoms with van der Waals surface area (Å²) in [6, 6.07) is 3.13. The van der Waals surface area contributed by atoms with Gasteiger partial charge in [-0.15, -0.1) is 0 Å². The minimum absolute atomic E-state index is 0.0872. The molecule has 0 amide bonds. The molecule has 0 saturated heterocycles.